The summed E-state index contributed by atoms with van der Waals surface area (Å²) in [6.07, 6.45) is 2.94. The van der Waals surface area contributed by atoms with E-state index < -0.39 is 48.3 Å². The SMILES string of the molecule is C[Si](C)(C)O[Si](C)(C)O[Si](C)(C)O[Si](C)(C)O[Si](C)(C)CCCCCC(=O)O. The molecule has 0 aromatic carbocycles. The maximum atomic E-state index is 10.6. The lowest BCUT2D eigenvalue weighted by Gasteiger charge is -2.42. The van der Waals surface area contributed by atoms with Gasteiger partial charge in [0.05, 0.1) is 0 Å². The molecule has 0 aliphatic carbocycles. The third-order valence-corrected chi connectivity index (χ3v) is 21.7. The fourth-order valence-corrected chi connectivity index (χ4v) is 27.5. The Bertz CT molecular complexity index is 503. The highest BCUT2D eigenvalue weighted by molar-refractivity contribution is 6.90. The fraction of sp³-hybridized carbons (Fsp3) is 0.941. The zero-order valence-corrected chi connectivity index (χ0v) is 25.0. The molecule has 0 spiro atoms. The van der Waals surface area contributed by atoms with Gasteiger partial charge < -0.3 is 21.6 Å². The molecule has 1 N–H and O–H groups in total. The molecule has 11 heteroatoms. The first-order valence-corrected chi connectivity index (χ1v) is 25.2. The maximum Gasteiger partial charge on any atom is 0.314 e. The molecule has 0 aliphatic heterocycles. The first kappa shape index (κ1) is 28.4. The van der Waals surface area contributed by atoms with Gasteiger partial charge in [-0.2, -0.15) is 0 Å². The van der Waals surface area contributed by atoms with Gasteiger partial charge in [-0.15, -0.1) is 0 Å². The summed E-state index contributed by atoms with van der Waals surface area (Å²) in [4.78, 5) is 10.6. The molecule has 28 heavy (non-hydrogen) atoms. The molecular weight excluding hydrogens is 441 g/mol. The van der Waals surface area contributed by atoms with Gasteiger partial charge in [0.15, 0.2) is 16.6 Å². The first-order valence-electron chi connectivity index (χ1n) is 10.3. The lowest BCUT2D eigenvalue weighted by atomic mass is 10.2. The number of carboxylic acid groups (broad SMARTS) is 1. The quantitative estimate of drug-likeness (QED) is 0.246. The normalized spacial score (nSPS) is 14.4. The monoisotopic (exact) mass is 484 g/mol. The van der Waals surface area contributed by atoms with Crippen LogP contribution < -0.4 is 0 Å². The minimum absolute atomic E-state index is 0.252. The van der Waals surface area contributed by atoms with E-state index in [9.17, 15) is 4.79 Å². The highest BCUT2D eigenvalue weighted by Gasteiger charge is 2.44. The summed E-state index contributed by atoms with van der Waals surface area (Å²) in [5.74, 6) is -0.716. The number of aliphatic carboxylic acids is 1. The molecule has 0 unspecified atom stereocenters. The summed E-state index contributed by atoms with van der Waals surface area (Å²) in [6.45, 7) is 23.6. The van der Waals surface area contributed by atoms with Crippen LogP contribution in [0.2, 0.25) is 78.1 Å². The average molecular weight is 485 g/mol. The molecule has 0 bridgehead atoms. The van der Waals surface area contributed by atoms with Crippen LogP contribution in [-0.4, -0.2) is 53.4 Å². The van der Waals surface area contributed by atoms with E-state index in [2.05, 4.69) is 72.0 Å². The van der Waals surface area contributed by atoms with Gasteiger partial charge in [0, 0.05) is 6.42 Å². The maximum absolute atomic E-state index is 10.6. The van der Waals surface area contributed by atoms with Crippen LogP contribution in [0.25, 0.3) is 0 Å². The van der Waals surface area contributed by atoms with E-state index in [1.807, 2.05) is 0 Å². The zero-order chi connectivity index (χ0) is 22.4. The van der Waals surface area contributed by atoms with E-state index >= 15 is 0 Å². The summed E-state index contributed by atoms with van der Waals surface area (Å²) >= 11 is 0. The summed E-state index contributed by atoms with van der Waals surface area (Å²) in [5.41, 5.74) is 0. The average Bonchev–Trinajstić information content (AvgIpc) is 2.28. The highest BCUT2D eigenvalue weighted by Crippen LogP contribution is 2.27. The summed E-state index contributed by atoms with van der Waals surface area (Å²) < 4.78 is 25.9. The van der Waals surface area contributed by atoms with Crippen LogP contribution in [0, 0.1) is 0 Å². The van der Waals surface area contributed by atoms with E-state index in [0.29, 0.717) is 0 Å². The summed E-state index contributed by atoms with van der Waals surface area (Å²) in [6, 6.07) is 1.02. The van der Waals surface area contributed by atoms with Crippen LogP contribution >= 0.6 is 0 Å². The molecular formula is C17H44O6Si5. The van der Waals surface area contributed by atoms with Crippen LogP contribution in [0.1, 0.15) is 25.7 Å². The van der Waals surface area contributed by atoms with Gasteiger partial charge in [-0.3, -0.25) is 4.79 Å². The van der Waals surface area contributed by atoms with E-state index in [1.54, 1.807) is 0 Å². The Balaban J connectivity index is 4.71. The van der Waals surface area contributed by atoms with E-state index in [1.165, 1.54) is 0 Å². The molecule has 0 aliphatic rings. The Morgan fingerprint density at radius 3 is 1.50 bits per heavy atom. The zero-order valence-electron chi connectivity index (χ0n) is 20.0. The Labute approximate surface area is 178 Å². The van der Waals surface area contributed by atoms with Crippen molar-refractivity contribution in [2.75, 3.05) is 0 Å². The minimum atomic E-state index is -2.38. The molecule has 0 saturated carbocycles. The van der Waals surface area contributed by atoms with Crippen molar-refractivity contribution < 1.29 is 26.4 Å². The third kappa shape index (κ3) is 15.3. The molecule has 0 heterocycles. The summed E-state index contributed by atoms with van der Waals surface area (Å²) in [5, 5.41) is 8.74. The van der Waals surface area contributed by atoms with Crippen molar-refractivity contribution in [2.45, 2.75) is 104 Å². The van der Waals surface area contributed by atoms with E-state index in [4.69, 9.17) is 21.6 Å². The van der Waals surface area contributed by atoms with Crippen molar-refractivity contribution in [3.8, 4) is 0 Å². The van der Waals surface area contributed by atoms with Gasteiger partial charge in [0.2, 0.25) is 0 Å². The van der Waals surface area contributed by atoms with Crippen molar-refractivity contribution in [3.63, 3.8) is 0 Å². The molecule has 0 radical (unpaired) electrons. The Hall–Kier alpha value is 0.394. The molecule has 0 rings (SSSR count). The molecule has 168 valence electrons. The topological polar surface area (TPSA) is 74.2 Å². The number of hydrogen-bond acceptors (Lipinski definition) is 5. The number of carbonyl (C=O) groups is 1. The number of hydrogen-bond donors (Lipinski definition) is 1. The predicted octanol–water partition coefficient (Wildman–Crippen LogP) is 5.84. The second-order valence-corrected chi connectivity index (χ2v) is 30.3. The van der Waals surface area contributed by atoms with E-state index in [0.717, 1.165) is 25.3 Å². The standard InChI is InChI=1S/C17H44O6Si5/c1-24(2,3)20-26(6,7)22-28(10,11)23-27(8,9)21-25(4,5)16-14-12-13-15-17(18)19/h12-16H2,1-11H3,(H,18,19). The lowest BCUT2D eigenvalue weighted by Crippen LogP contribution is -2.58. The second-order valence-electron chi connectivity index (χ2n) is 10.4. The van der Waals surface area contributed by atoms with Gasteiger partial charge in [0.1, 0.15) is 0 Å². The summed E-state index contributed by atoms with van der Waals surface area (Å²) in [7, 11) is -10.5. The predicted molar refractivity (Wildman–Crippen MR) is 129 cm³/mol. The van der Waals surface area contributed by atoms with Crippen LogP contribution in [0.4, 0.5) is 0 Å². The van der Waals surface area contributed by atoms with Crippen molar-refractivity contribution in [2.24, 2.45) is 0 Å². The molecule has 0 aromatic rings. The van der Waals surface area contributed by atoms with E-state index in [-0.39, 0.29) is 6.42 Å². The lowest BCUT2D eigenvalue weighted by molar-refractivity contribution is -0.137. The molecule has 0 saturated heterocycles. The van der Waals surface area contributed by atoms with Crippen molar-refractivity contribution in [3.05, 3.63) is 0 Å². The number of rotatable bonds is 14. The van der Waals surface area contributed by atoms with Crippen molar-refractivity contribution in [1.82, 2.24) is 0 Å². The Morgan fingerprint density at radius 2 is 1.07 bits per heavy atom. The second kappa shape index (κ2) is 10.6. The first-order chi connectivity index (χ1) is 12.2. The molecule has 0 aromatic heterocycles. The Morgan fingerprint density at radius 1 is 0.643 bits per heavy atom. The molecule has 6 nitrogen and oxygen atoms in total. The van der Waals surface area contributed by atoms with Gasteiger partial charge >= 0.3 is 31.7 Å². The third-order valence-electron chi connectivity index (χ3n) is 3.73. The molecule has 0 atom stereocenters. The van der Waals surface area contributed by atoms with Crippen molar-refractivity contribution in [1.29, 1.82) is 0 Å². The minimum Gasteiger partial charge on any atom is -0.481 e. The van der Waals surface area contributed by atoms with Crippen LogP contribution in [-0.2, 0) is 21.3 Å². The van der Waals surface area contributed by atoms with Gasteiger partial charge in [-0.1, -0.05) is 12.8 Å². The van der Waals surface area contributed by atoms with Crippen LogP contribution in [0.15, 0.2) is 0 Å². The van der Waals surface area contributed by atoms with Gasteiger partial charge in [0.25, 0.3) is 0 Å². The van der Waals surface area contributed by atoms with Gasteiger partial charge in [-0.05, 0) is 84.5 Å². The molecule has 0 fully saturated rings. The number of unbranched alkanes of at least 4 members (excludes halogenated alkanes) is 2. The number of carboxylic acids is 1. The van der Waals surface area contributed by atoms with Crippen LogP contribution in [0.5, 0.6) is 0 Å². The van der Waals surface area contributed by atoms with Crippen LogP contribution in [0.3, 0.4) is 0 Å². The van der Waals surface area contributed by atoms with Crippen molar-refractivity contribution >= 4 is 48.3 Å². The molecule has 0 amide bonds. The van der Waals surface area contributed by atoms with Gasteiger partial charge in [-0.25, -0.2) is 0 Å². The smallest absolute Gasteiger partial charge is 0.314 e. The highest BCUT2D eigenvalue weighted by atomic mass is 28.5. The fourth-order valence-electron chi connectivity index (χ4n) is 3.70. The largest absolute Gasteiger partial charge is 0.481 e. The Kier molecular flexibility index (Phi) is 10.8.